The fourth-order valence-electron chi connectivity index (χ4n) is 3.95. The first kappa shape index (κ1) is 18.3. The normalized spacial score (nSPS) is 24.6. The third-order valence-corrected chi connectivity index (χ3v) is 5.28. The lowest BCUT2D eigenvalue weighted by Crippen LogP contribution is -2.40. The van der Waals surface area contributed by atoms with Gasteiger partial charge in [0.15, 0.2) is 6.10 Å². The molecule has 0 saturated carbocycles. The molecular weight excluding hydrogens is 358 g/mol. The number of para-hydroxylation sites is 1. The molecule has 2 aliphatic heterocycles. The average Bonchev–Trinajstić information content (AvgIpc) is 3.12. The van der Waals surface area contributed by atoms with Crippen LogP contribution < -0.4 is 10.6 Å². The third-order valence-electron chi connectivity index (χ3n) is 5.28. The van der Waals surface area contributed by atoms with Crippen LogP contribution in [0.5, 0.6) is 0 Å². The number of hydrogen-bond acceptors (Lipinski definition) is 5. The molecule has 7 nitrogen and oxygen atoms in total. The van der Waals surface area contributed by atoms with E-state index in [1.54, 1.807) is 12.1 Å². The smallest absolute Gasteiger partial charge is 0.265 e. The number of aryl methyl sites for hydroxylation is 2. The Kier molecular flexibility index (Phi) is 4.49. The predicted molar refractivity (Wildman–Crippen MR) is 102 cm³/mol. The van der Waals surface area contributed by atoms with Crippen LogP contribution in [-0.2, 0) is 19.2 Å². The fraction of sp³-hybridized carbons (Fsp3) is 0.286. The van der Waals surface area contributed by atoms with Gasteiger partial charge >= 0.3 is 0 Å². The maximum absolute atomic E-state index is 13.3. The van der Waals surface area contributed by atoms with Gasteiger partial charge in [0.25, 0.3) is 5.91 Å². The van der Waals surface area contributed by atoms with E-state index in [-0.39, 0.29) is 12.5 Å². The highest BCUT2D eigenvalue weighted by molar-refractivity contribution is 6.24. The maximum atomic E-state index is 13.3. The van der Waals surface area contributed by atoms with E-state index in [4.69, 9.17) is 10.6 Å². The molecule has 144 valence electrons. The molecule has 0 aromatic heterocycles. The molecule has 2 aliphatic rings. The number of nitrogens with two attached hydrogens (primary N) is 1. The van der Waals surface area contributed by atoms with Gasteiger partial charge in [0.1, 0.15) is 6.54 Å². The van der Waals surface area contributed by atoms with Crippen LogP contribution in [0.1, 0.15) is 22.7 Å². The maximum Gasteiger partial charge on any atom is 0.265 e. The minimum absolute atomic E-state index is 0.198. The highest BCUT2D eigenvalue weighted by Crippen LogP contribution is 2.45. The van der Waals surface area contributed by atoms with E-state index in [1.165, 1.54) is 9.96 Å². The zero-order valence-corrected chi connectivity index (χ0v) is 15.7. The van der Waals surface area contributed by atoms with E-state index in [0.717, 1.165) is 16.7 Å². The number of benzene rings is 2. The van der Waals surface area contributed by atoms with Crippen LogP contribution >= 0.6 is 0 Å². The first-order chi connectivity index (χ1) is 13.4. The van der Waals surface area contributed by atoms with E-state index < -0.39 is 29.9 Å². The summed E-state index contributed by atoms with van der Waals surface area (Å²) < 4.78 is 0. The number of carbonyl (C=O) groups is 3. The number of rotatable bonds is 4. The van der Waals surface area contributed by atoms with Crippen molar-refractivity contribution < 1.29 is 19.2 Å². The fourth-order valence-corrected chi connectivity index (χ4v) is 3.95. The number of imide groups is 1. The van der Waals surface area contributed by atoms with Crippen molar-refractivity contribution in [1.29, 1.82) is 0 Å². The van der Waals surface area contributed by atoms with Gasteiger partial charge in [-0.05, 0) is 31.0 Å². The number of carbonyl (C=O) groups excluding carboxylic acids is 3. The molecule has 0 aliphatic carbocycles. The summed E-state index contributed by atoms with van der Waals surface area (Å²) in [5, 5.41) is 1.37. The highest BCUT2D eigenvalue weighted by Gasteiger charge is 2.60. The number of nitrogens with zero attached hydrogens (tertiary/aromatic N) is 2. The van der Waals surface area contributed by atoms with Crippen molar-refractivity contribution in [2.75, 3.05) is 11.4 Å². The van der Waals surface area contributed by atoms with Crippen molar-refractivity contribution in [2.45, 2.75) is 26.0 Å². The number of amides is 3. The number of hydrogen-bond donors (Lipinski definition) is 1. The molecule has 2 aromatic rings. The highest BCUT2D eigenvalue weighted by atomic mass is 16.7. The van der Waals surface area contributed by atoms with Crippen molar-refractivity contribution in [3.8, 4) is 0 Å². The molecule has 4 rings (SSSR count). The van der Waals surface area contributed by atoms with Crippen molar-refractivity contribution in [2.24, 2.45) is 11.7 Å². The monoisotopic (exact) mass is 379 g/mol. The van der Waals surface area contributed by atoms with Gasteiger partial charge in [-0.1, -0.05) is 48.0 Å². The summed E-state index contributed by atoms with van der Waals surface area (Å²) in [6.45, 7) is 3.61. The Balaban J connectivity index is 1.75. The lowest BCUT2D eigenvalue weighted by molar-refractivity contribution is -0.175. The number of primary amides is 1. The Labute approximate surface area is 162 Å². The molecule has 2 heterocycles. The molecule has 3 unspecified atom stereocenters. The van der Waals surface area contributed by atoms with Gasteiger partial charge in [0.05, 0.1) is 17.6 Å². The van der Waals surface area contributed by atoms with Crippen LogP contribution in [0.25, 0.3) is 0 Å². The van der Waals surface area contributed by atoms with Crippen molar-refractivity contribution in [3.05, 3.63) is 65.2 Å². The second kappa shape index (κ2) is 6.85. The first-order valence-corrected chi connectivity index (χ1v) is 9.10. The van der Waals surface area contributed by atoms with Crippen LogP contribution in [0.2, 0.25) is 0 Å². The largest absolute Gasteiger partial charge is 0.368 e. The zero-order chi connectivity index (χ0) is 20.0. The molecule has 0 bridgehead atoms. The van der Waals surface area contributed by atoms with Gasteiger partial charge < -0.3 is 5.73 Å². The van der Waals surface area contributed by atoms with Gasteiger partial charge in [-0.25, -0.2) is 4.90 Å². The SMILES string of the molecule is Cc1ccc(C2C3C(=O)N(c4ccccc4C)C(=O)C3ON2CC(N)=O)cc1. The Hall–Kier alpha value is -3.03. The summed E-state index contributed by atoms with van der Waals surface area (Å²) in [4.78, 5) is 44.9. The van der Waals surface area contributed by atoms with E-state index >= 15 is 0 Å². The lowest BCUT2D eigenvalue weighted by Gasteiger charge is -2.26. The summed E-state index contributed by atoms with van der Waals surface area (Å²) in [5.74, 6) is -2.09. The van der Waals surface area contributed by atoms with Gasteiger partial charge in [0, 0.05) is 0 Å². The molecule has 2 fully saturated rings. The van der Waals surface area contributed by atoms with Crippen LogP contribution in [0, 0.1) is 19.8 Å². The van der Waals surface area contributed by atoms with Crippen LogP contribution in [0.3, 0.4) is 0 Å². The summed E-state index contributed by atoms with van der Waals surface area (Å²) in [7, 11) is 0. The van der Waals surface area contributed by atoms with Crippen LogP contribution in [0.4, 0.5) is 5.69 Å². The summed E-state index contributed by atoms with van der Waals surface area (Å²) in [5.41, 5.74) is 8.60. The van der Waals surface area contributed by atoms with Crippen molar-refractivity contribution in [3.63, 3.8) is 0 Å². The second-order valence-corrected chi connectivity index (χ2v) is 7.25. The van der Waals surface area contributed by atoms with E-state index in [9.17, 15) is 14.4 Å². The van der Waals surface area contributed by atoms with Crippen molar-refractivity contribution in [1.82, 2.24) is 5.06 Å². The Morgan fingerprint density at radius 2 is 1.71 bits per heavy atom. The van der Waals surface area contributed by atoms with Gasteiger partial charge in [-0.15, -0.1) is 0 Å². The third kappa shape index (κ3) is 2.89. The molecule has 3 atom stereocenters. The Bertz CT molecular complexity index is 956. The Morgan fingerprint density at radius 1 is 1.04 bits per heavy atom. The standard InChI is InChI=1S/C21H21N3O4/c1-12-7-9-14(10-8-12)18-17-19(28-23(18)11-16(22)25)21(27)24(20(17)26)15-6-4-3-5-13(15)2/h3-10,17-19H,11H2,1-2H3,(H2,22,25). The number of fused-ring (bicyclic) bond motifs is 1. The molecular formula is C21H21N3O4. The summed E-state index contributed by atoms with van der Waals surface area (Å²) >= 11 is 0. The van der Waals surface area contributed by atoms with Gasteiger partial charge in [0.2, 0.25) is 11.8 Å². The summed E-state index contributed by atoms with van der Waals surface area (Å²) in [6.07, 6.45) is -0.974. The molecule has 7 heteroatoms. The molecule has 2 N–H and O–H groups in total. The summed E-state index contributed by atoms with van der Waals surface area (Å²) in [6, 6.07) is 14.3. The predicted octanol–water partition coefficient (Wildman–Crippen LogP) is 1.64. The quantitative estimate of drug-likeness (QED) is 0.815. The topological polar surface area (TPSA) is 92.9 Å². The van der Waals surface area contributed by atoms with Crippen LogP contribution in [0.15, 0.2) is 48.5 Å². The lowest BCUT2D eigenvalue weighted by atomic mass is 9.90. The van der Waals surface area contributed by atoms with E-state index in [1.807, 2.05) is 50.2 Å². The Morgan fingerprint density at radius 3 is 2.36 bits per heavy atom. The number of anilines is 1. The van der Waals surface area contributed by atoms with E-state index in [2.05, 4.69) is 0 Å². The van der Waals surface area contributed by atoms with Gasteiger partial charge in [-0.3, -0.25) is 19.2 Å². The van der Waals surface area contributed by atoms with Gasteiger partial charge in [-0.2, -0.15) is 5.06 Å². The molecule has 28 heavy (non-hydrogen) atoms. The van der Waals surface area contributed by atoms with Crippen LogP contribution in [-0.4, -0.2) is 35.4 Å². The zero-order valence-electron chi connectivity index (χ0n) is 15.7. The molecule has 0 spiro atoms. The second-order valence-electron chi connectivity index (χ2n) is 7.25. The number of hydroxylamine groups is 2. The molecule has 2 saturated heterocycles. The minimum atomic E-state index is -0.974. The van der Waals surface area contributed by atoms with E-state index in [0.29, 0.717) is 5.69 Å². The minimum Gasteiger partial charge on any atom is -0.368 e. The molecule has 2 aromatic carbocycles. The average molecular weight is 379 g/mol. The molecule has 3 amide bonds. The van der Waals surface area contributed by atoms with Crippen molar-refractivity contribution >= 4 is 23.4 Å². The molecule has 0 radical (unpaired) electrons. The first-order valence-electron chi connectivity index (χ1n) is 9.10.